The molecular formula is C12H17NO3. The normalized spacial score (nSPS) is 9.94. The summed E-state index contributed by atoms with van der Waals surface area (Å²) < 4.78 is 4.95. The zero-order valence-corrected chi connectivity index (χ0v) is 9.86. The van der Waals surface area contributed by atoms with Crippen LogP contribution in [-0.2, 0) is 0 Å². The van der Waals surface area contributed by atoms with Crippen LogP contribution in [0.25, 0.3) is 0 Å². The number of amides is 1. The molecule has 16 heavy (non-hydrogen) atoms. The van der Waals surface area contributed by atoms with Crippen molar-refractivity contribution in [1.29, 1.82) is 0 Å². The van der Waals surface area contributed by atoms with E-state index in [1.54, 1.807) is 24.1 Å². The number of ether oxygens (including phenoxy) is 1. The fourth-order valence-corrected chi connectivity index (χ4v) is 1.46. The van der Waals surface area contributed by atoms with Gasteiger partial charge in [-0.1, -0.05) is 6.92 Å². The largest absolute Gasteiger partial charge is 0.507 e. The molecule has 0 bridgehead atoms. The van der Waals surface area contributed by atoms with Gasteiger partial charge in [-0.05, 0) is 18.6 Å². The number of benzene rings is 1. The van der Waals surface area contributed by atoms with E-state index >= 15 is 0 Å². The number of carbonyl (C=O) groups excluding carboxylic acids is 1. The Bertz CT molecular complexity index is 377. The highest BCUT2D eigenvalue weighted by atomic mass is 16.5. The highest BCUT2D eigenvalue weighted by Crippen LogP contribution is 2.24. The quantitative estimate of drug-likeness (QED) is 0.847. The predicted molar refractivity (Wildman–Crippen MR) is 61.9 cm³/mol. The van der Waals surface area contributed by atoms with Crippen LogP contribution < -0.4 is 4.74 Å². The molecule has 0 unspecified atom stereocenters. The summed E-state index contributed by atoms with van der Waals surface area (Å²) in [6, 6.07) is 4.67. The van der Waals surface area contributed by atoms with E-state index in [2.05, 4.69) is 0 Å². The van der Waals surface area contributed by atoms with Crippen molar-refractivity contribution in [2.45, 2.75) is 13.3 Å². The maximum Gasteiger partial charge on any atom is 0.257 e. The third kappa shape index (κ3) is 2.66. The van der Waals surface area contributed by atoms with E-state index in [1.807, 2.05) is 6.92 Å². The number of carbonyl (C=O) groups is 1. The van der Waals surface area contributed by atoms with Gasteiger partial charge in [0.15, 0.2) is 0 Å². The average molecular weight is 223 g/mol. The predicted octanol–water partition coefficient (Wildman–Crippen LogP) is 1.88. The molecule has 0 heterocycles. The first-order chi connectivity index (χ1) is 7.60. The van der Waals surface area contributed by atoms with Crippen LogP contribution in [0.15, 0.2) is 18.2 Å². The number of hydrogen-bond donors (Lipinski definition) is 1. The Hall–Kier alpha value is -1.71. The second-order valence-corrected chi connectivity index (χ2v) is 3.61. The summed E-state index contributed by atoms with van der Waals surface area (Å²) in [6.07, 6.45) is 0.888. The molecule has 1 N–H and O–H groups in total. The molecule has 0 aliphatic heterocycles. The zero-order chi connectivity index (χ0) is 12.1. The van der Waals surface area contributed by atoms with Gasteiger partial charge in [0, 0.05) is 19.7 Å². The van der Waals surface area contributed by atoms with E-state index in [0.29, 0.717) is 17.9 Å². The summed E-state index contributed by atoms with van der Waals surface area (Å²) in [5.41, 5.74) is 0.303. The minimum absolute atomic E-state index is 0.0488. The molecule has 1 rings (SSSR count). The van der Waals surface area contributed by atoms with Gasteiger partial charge in [-0.15, -0.1) is 0 Å². The van der Waals surface area contributed by atoms with Gasteiger partial charge in [0.1, 0.15) is 11.5 Å². The third-order valence-electron chi connectivity index (χ3n) is 2.34. The molecule has 0 aromatic heterocycles. The number of methoxy groups -OCH3 is 1. The second kappa shape index (κ2) is 5.39. The van der Waals surface area contributed by atoms with Crippen LogP contribution in [0.1, 0.15) is 23.7 Å². The van der Waals surface area contributed by atoms with E-state index in [0.717, 1.165) is 6.42 Å². The molecule has 0 aliphatic rings. The maximum absolute atomic E-state index is 11.9. The molecule has 1 aromatic rings. The molecule has 1 aromatic carbocycles. The fraction of sp³-hybridized carbons (Fsp3) is 0.417. The van der Waals surface area contributed by atoms with Gasteiger partial charge in [0.25, 0.3) is 5.91 Å². The van der Waals surface area contributed by atoms with Gasteiger partial charge in [0.2, 0.25) is 0 Å². The molecule has 1 amide bonds. The Morgan fingerprint density at radius 3 is 2.69 bits per heavy atom. The Labute approximate surface area is 95.5 Å². The molecule has 0 aliphatic carbocycles. The molecule has 0 radical (unpaired) electrons. The van der Waals surface area contributed by atoms with Crippen LogP contribution in [0.2, 0.25) is 0 Å². The lowest BCUT2D eigenvalue weighted by Gasteiger charge is -2.16. The van der Waals surface area contributed by atoms with Crippen molar-refractivity contribution in [3.8, 4) is 11.5 Å². The summed E-state index contributed by atoms with van der Waals surface area (Å²) in [5, 5.41) is 9.68. The highest BCUT2D eigenvalue weighted by molar-refractivity contribution is 5.96. The summed E-state index contributed by atoms with van der Waals surface area (Å²) >= 11 is 0. The fourth-order valence-electron chi connectivity index (χ4n) is 1.46. The molecule has 4 nitrogen and oxygen atoms in total. The first-order valence-corrected chi connectivity index (χ1v) is 5.22. The smallest absolute Gasteiger partial charge is 0.257 e. The number of phenols is 1. The Morgan fingerprint density at radius 1 is 1.50 bits per heavy atom. The Morgan fingerprint density at radius 2 is 2.19 bits per heavy atom. The van der Waals surface area contributed by atoms with E-state index in [-0.39, 0.29) is 11.7 Å². The molecule has 4 heteroatoms. The van der Waals surface area contributed by atoms with E-state index in [9.17, 15) is 9.90 Å². The topological polar surface area (TPSA) is 49.8 Å². The third-order valence-corrected chi connectivity index (χ3v) is 2.34. The maximum atomic E-state index is 11.9. The van der Waals surface area contributed by atoms with Crippen molar-refractivity contribution in [3.63, 3.8) is 0 Å². The lowest BCUT2D eigenvalue weighted by Crippen LogP contribution is -2.27. The van der Waals surface area contributed by atoms with Crippen molar-refractivity contribution in [2.75, 3.05) is 20.7 Å². The summed E-state index contributed by atoms with van der Waals surface area (Å²) in [7, 11) is 3.23. The minimum Gasteiger partial charge on any atom is -0.507 e. The van der Waals surface area contributed by atoms with Crippen LogP contribution >= 0.6 is 0 Å². The first kappa shape index (κ1) is 12.4. The molecule has 0 spiro atoms. The average Bonchev–Trinajstić information content (AvgIpc) is 2.28. The molecular weight excluding hydrogens is 206 g/mol. The van der Waals surface area contributed by atoms with Crippen molar-refractivity contribution in [1.82, 2.24) is 4.90 Å². The van der Waals surface area contributed by atoms with Gasteiger partial charge in [-0.3, -0.25) is 4.79 Å². The standard InChI is InChI=1S/C12H17NO3/c1-4-7-13(2)12(15)10-6-5-9(16-3)8-11(10)14/h5-6,8,14H,4,7H2,1-3H3. The number of nitrogens with zero attached hydrogens (tertiary/aromatic N) is 1. The van der Waals surface area contributed by atoms with Crippen LogP contribution in [0.4, 0.5) is 0 Å². The van der Waals surface area contributed by atoms with Crippen LogP contribution in [0, 0.1) is 0 Å². The molecule has 0 fully saturated rings. The molecule has 0 saturated heterocycles. The van der Waals surface area contributed by atoms with Gasteiger partial charge < -0.3 is 14.7 Å². The van der Waals surface area contributed by atoms with Crippen molar-refractivity contribution < 1.29 is 14.6 Å². The zero-order valence-electron chi connectivity index (χ0n) is 9.86. The molecule has 0 atom stereocenters. The minimum atomic E-state index is -0.179. The van der Waals surface area contributed by atoms with Gasteiger partial charge >= 0.3 is 0 Å². The number of phenolic OH excluding ortho intramolecular Hbond substituents is 1. The SMILES string of the molecule is CCCN(C)C(=O)c1ccc(OC)cc1O. The number of rotatable bonds is 4. The highest BCUT2D eigenvalue weighted by Gasteiger charge is 2.15. The summed E-state index contributed by atoms with van der Waals surface area (Å²) in [6.45, 7) is 2.67. The van der Waals surface area contributed by atoms with Crippen LogP contribution in [0.5, 0.6) is 11.5 Å². The second-order valence-electron chi connectivity index (χ2n) is 3.61. The van der Waals surface area contributed by atoms with Crippen molar-refractivity contribution >= 4 is 5.91 Å². The summed E-state index contributed by atoms with van der Waals surface area (Å²) in [4.78, 5) is 13.5. The van der Waals surface area contributed by atoms with E-state index in [4.69, 9.17) is 4.74 Å². The lowest BCUT2D eigenvalue weighted by molar-refractivity contribution is 0.0792. The van der Waals surface area contributed by atoms with Gasteiger partial charge in [-0.2, -0.15) is 0 Å². The monoisotopic (exact) mass is 223 g/mol. The Balaban J connectivity index is 2.91. The van der Waals surface area contributed by atoms with Crippen LogP contribution in [-0.4, -0.2) is 36.6 Å². The summed E-state index contributed by atoms with van der Waals surface area (Å²) in [5.74, 6) is 0.307. The molecule has 88 valence electrons. The first-order valence-electron chi connectivity index (χ1n) is 5.22. The van der Waals surface area contributed by atoms with Crippen LogP contribution in [0.3, 0.4) is 0 Å². The lowest BCUT2D eigenvalue weighted by atomic mass is 10.1. The molecule has 0 saturated carbocycles. The van der Waals surface area contributed by atoms with E-state index < -0.39 is 0 Å². The van der Waals surface area contributed by atoms with Crippen molar-refractivity contribution in [3.05, 3.63) is 23.8 Å². The van der Waals surface area contributed by atoms with Gasteiger partial charge in [-0.25, -0.2) is 0 Å². The number of hydrogen-bond acceptors (Lipinski definition) is 3. The number of aromatic hydroxyl groups is 1. The van der Waals surface area contributed by atoms with E-state index in [1.165, 1.54) is 13.2 Å². The van der Waals surface area contributed by atoms with Gasteiger partial charge in [0.05, 0.1) is 12.7 Å². The van der Waals surface area contributed by atoms with Crippen molar-refractivity contribution in [2.24, 2.45) is 0 Å². The Kier molecular flexibility index (Phi) is 4.17.